The lowest BCUT2D eigenvalue weighted by atomic mass is 10.0. The molecule has 0 aliphatic rings. The predicted octanol–water partition coefficient (Wildman–Crippen LogP) is 2.38. The largest absolute Gasteiger partial charge is 0.478 e. The van der Waals surface area contributed by atoms with Crippen LogP contribution in [0.3, 0.4) is 0 Å². The number of carboxylic acids is 1. The number of nitrogens with zero attached hydrogens (tertiary/aromatic N) is 1. The molecule has 0 amide bonds. The maximum atomic E-state index is 13.7. The number of halogens is 1. The maximum Gasteiger partial charge on any atom is 0.336 e. The molecule has 0 saturated carbocycles. The highest BCUT2D eigenvalue weighted by atomic mass is 19.1. The number of carbonyl (C=O) groups is 1. The SMILES string of the molecule is Cc1c(C(=O)O)cc2cccnc2c1F. The highest BCUT2D eigenvalue weighted by Crippen LogP contribution is 2.22. The van der Waals surface area contributed by atoms with E-state index in [1.165, 1.54) is 19.2 Å². The van der Waals surface area contributed by atoms with Gasteiger partial charge in [0.25, 0.3) is 0 Å². The van der Waals surface area contributed by atoms with Gasteiger partial charge < -0.3 is 5.11 Å². The third-order valence-corrected chi connectivity index (χ3v) is 2.31. The molecule has 0 atom stereocenters. The standard InChI is InChI=1S/C11H8FNO2/c1-6-8(11(14)15)5-7-3-2-4-13-10(7)9(6)12/h2-5H,1H3,(H,14,15). The summed E-state index contributed by atoms with van der Waals surface area (Å²) in [5, 5.41) is 9.36. The summed E-state index contributed by atoms with van der Waals surface area (Å²) >= 11 is 0. The van der Waals surface area contributed by atoms with Crippen LogP contribution in [0.15, 0.2) is 24.4 Å². The molecule has 0 fully saturated rings. The number of hydrogen-bond donors (Lipinski definition) is 1. The van der Waals surface area contributed by atoms with E-state index in [0.717, 1.165) is 0 Å². The Morgan fingerprint density at radius 3 is 2.93 bits per heavy atom. The van der Waals surface area contributed by atoms with E-state index in [4.69, 9.17) is 5.11 Å². The number of benzene rings is 1. The van der Waals surface area contributed by atoms with Crippen LogP contribution >= 0.6 is 0 Å². The molecule has 0 aliphatic heterocycles. The van der Waals surface area contributed by atoms with Gasteiger partial charge in [0.1, 0.15) is 5.52 Å². The zero-order valence-corrected chi connectivity index (χ0v) is 7.99. The minimum absolute atomic E-state index is 0.0204. The average molecular weight is 205 g/mol. The van der Waals surface area contributed by atoms with Gasteiger partial charge >= 0.3 is 5.97 Å². The van der Waals surface area contributed by atoms with E-state index in [1.54, 1.807) is 12.1 Å². The van der Waals surface area contributed by atoms with Gasteiger partial charge in [-0.25, -0.2) is 9.18 Å². The van der Waals surface area contributed by atoms with Gasteiger partial charge in [-0.15, -0.1) is 0 Å². The van der Waals surface area contributed by atoms with Gasteiger partial charge in [0.15, 0.2) is 5.82 Å². The first-order valence-electron chi connectivity index (χ1n) is 4.38. The minimum atomic E-state index is -1.13. The number of rotatable bonds is 1. The Bertz CT molecular complexity index is 552. The molecule has 2 rings (SSSR count). The second-order valence-corrected chi connectivity index (χ2v) is 3.24. The first-order chi connectivity index (χ1) is 7.11. The number of aromatic carboxylic acids is 1. The molecule has 1 heterocycles. The van der Waals surface area contributed by atoms with Crippen molar-refractivity contribution < 1.29 is 14.3 Å². The zero-order valence-electron chi connectivity index (χ0n) is 7.99. The number of hydrogen-bond acceptors (Lipinski definition) is 2. The Morgan fingerprint density at radius 1 is 1.53 bits per heavy atom. The summed E-state index contributed by atoms with van der Waals surface area (Å²) in [6, 6.07) is 4.71. The Kier molecular flexibility index (Phi) is 2.11. The summed E-state index contributed by atoms with van der Waals surface area (Å²) in [6.07, 6.45) is 1.48. The molecule has 0 aliphatic carbocycles. The number of carboxylic acid groups (broad SMARTS) is 1. The lowest BCUT2D eigenvalue weighted by Gasteiger charge is -2.05. The molecule has 0 radical (unpaired) electrons. The Morgan fingerprint density at radius 2 is 2.27 bits per heavy atom. The Labute approximate surface area is 85.2 Å². The molecular weight excluding hydrogens is 197 g/mol. The Balaban J connectivity index is 2.88. The topological polar surface area (TPSA) is 50.2 Å². The lowest BCUT2D eigenvalue weighted by molar-refractivity contribution is 0.0695. The molecule has 3 nitrogen and oxygen atoms in total. The molecule has 0 saturated heterocycles. The van der Waals surface area contributed by atoms with E-state index < -0.39 is 11.8 Å². The molecule has 76 valence electrons. The molecule has 1 aromatic heterocycles. The van der Waals surface area contributed by atoms with Gasteiger partial charge in [0.05, 0.1) is 5.56 Å². The summed E-state index contributed by atoms with van der Waals surface area (Å²) in [5.41, 5.74) is 0.307. The van der Waals surface area contributed by atoms with Crippen molar-refractivity contribution in [3.63, 3.8) is 0 Å². The van der Waals surface area contributed by atoms with E-state index in [2.05, 4.69) is 4.98 Å². The average Bonchev–Trinajstić information content (AvgIpc) is 2.23. The number of fused-ring (bicyclic) bond motifs is 1. The zero-order chi connectivity index (χ0) is 11.0. The molecule has 1 N–H and O–H groups in total. The molecule has 0 unspecified atom stereocenters. The molecule has 1 aromatic carbocycles. The third-order valence-electron chi connectivity index (χ3n) is 2.31. The second kappa shape index (κ2) is 3.31. The van der Waals surface area contributed by atoms with Crippen LogP contribution in [0.2, 0.25) is 0 Å². The number of aromatic nitrogens is 1. The quantitative estimate of drug-likeness (QED) is 0.777. The van der Waals surface area contributed by atoms with Crippen molar-refractivity contribution in [2.45, 2.75) is 6.92 Å². The van der Waals surface area contributed by atoms with Gasteiger partial charge in [0.2, 0.25) is 0 Å². The molecular formula is C11H8FNO2. The fourth-order valence-electron chi connectivity index (χ4n) is 1.50. The van der Waals surface area contributed by atoms with Crippen LogP contribution in [-0.2, 0) is 0 Å². The molecule has 4 heteroatoms. The molecule has 2 aromatic rings. The summed E-state index contributed by atoms with van der Waals surface area (Å²) < 4.78 is 13.7. The van der Waals surface area contributed by atoms with Gasteiger partial charge in [0, 0.05) is 17.1 Å². The highest BCUT2D eigenvalue weighted by molar-refractivity contribution is 5.95. The van der Waals surface area contributed by atoms with Gasteiger partial charge in [-0.3, -0.25) is 4.98 Å². The summed E-state index contributed by atoms with van der Waals surface area (Å²) in [5.74, 6) is -1.69. The van der Waals surface area contributed by atoms with Gasteiger partial charge in [-0.05, 0) is 19.1 Å². The van der Waals surface area contributed by atoms with Crippen molar-refractivity contribution in [2.75, 3.05) is 0 Å². The number of pyridine rings is 1. The maximum absolute atomic E-state index is 13.7. The fourth-order valence-corrected chi connectivity index (χ4v) is 1.50. The summed E-state index contributed by atoms with van der Waals surface area (Å²) in [4.78, 5) is 14.7. The summed E-state index contributed by atoms with van der Waals surface area (Å²) in [7, 11) is 0. The van der Waals surface area contributed by atoms with Crippen molar-refractivity contribution in [1.29, 1.82) is 0 Å². The minimum Gasteiger partial charge on any atom is -0.478 e. The predicted molar refractivity (Wildman–Crippen MR) is 53.4 cm³/mol. The van der Waals surface area contributed by atoms with Crippen LogP contribution in [0, 0.1) is 12.7 Å². The smallest absolute Gasteiger partial charge is 0.336 e. The van der Waals surface area contributed by atoms with Crippen molar-refractivity contribution >= 4 is 16.9 Å². The third kappa shape index (κ3) is 1.44. The van der Waals surface area contributed by atoms with Crippen LogP contribution in [0.4, 0.5) is 4.39 Å². The molecule has 15 heavy (non-hydrogen) atoms. The van der Waals surface area contributed by atoms with Crippen LogP contribution in [-0.4, -0.2) is 16.1 Å². The van der Waals surface area contributed by atoms with E-state index >= 15 is 0 Å². The van der Waals surface area contributed by atoms with Gasteiger partial charge in [-0.2, -0.15) is 0 Å². The molecule has 0 bridgehead atoms. The first-order valence-corrected chi connectivity index (χ1v) is 4.38. The van der Waals surface area contributed by atoms with Crippen molar-refractivity contribution in [3.05, 3.63) is 41.3 Å². The van der Waals surface area contributed by atoms with Crippen LogP contribution in [0.5, 0.6) is 0 Å². The van der Waals surface area contributed by atoms with E-state index in [1.807, 2.05) is 0 Å². The van der Waals surface area contributed by atoms with E-state index in [0.29, 0.717) is 5.39 Å². The fraction of sp³-hybridized carbons (Fsp3) is 0.0909. The van der Waals surface area contributed by atoms with Crippen LogP contribution < -0.4 is 0 Å². The van der Waals surface area contributed by atoms with Crippen LogP contribution in [0.25, 0.3) is 10.9 Å². The van der Waals surface area contributed by atoms with Crippen molar-refractivity contribution in [2.24, 2.45) is 0 Å². The normalized spacial score (nSPS) is 10.5. The molecule has 0 spiro atoms. The van der Waals surface area contributed by atoms with Crippen molar-refractivity contribution in [3.8, 4) is 0 Å². The van der Waals surface area contributed by atoms with Gasteiger partial charge in [-0.1, -0.05) is 6.07 Å². The monoisotopic (exact) mass is 205 g/mol. The van der Waals surface area contributed by atoms with Crippen LogP contribution in [0.1, 0.15) is 15.9 Å². The van der Waals surface area contributed by atoms with E-state index in [9.17, 15) is 9.18 Å². The lowest BCUT2D eigenvalue weighted by Crippen LogP contribution is -2.02. The first kappa shape index (κ1) is 9.58. The Hall–Kier alpha value is -1.97. The highest BCUT2D eigenvalue weighted by Gasteiger charge is 2.14. The summed E-state index contributed by atoms with van der Waals surface area (Å²) in [6.45, 7) is 1.44. The second-order valence-electron chi connectivity index (χ2n) is 3.24. The van der Waals surface area contributed by atoms with E-state index in [-0.39, 0.29) is 16.6 Å². The van der Waals surface area contributed by atoms with Crippen molar-refractivity contribution in [1.82, 2.24) is 4.98 Å².